The fraction of sp³-hybridized carbons (Fsp3) is 0.455. The first-order valence-corrected chi connectivity index (χ1v) is 9.98. The van der Waals surface area contributed by atoms with Crippen molar-refractivity contribution in [3.63, 3.8) is 0 Å². The highest BCUT2D eigenvalue weighted by Crippen LogP contribution is 2.26. The van der Waals surface area contributed by atoms with E-state index >= 15 is 0 Å². The van der Waals surface area contributed by atoms with Crippen molar-refractivity contribution in [1.29, 1.82) is 0 Å². The maximum absolute atomic E-state index is 12.2. The number of anilines is 1. The van der Waals surface area contributed by atoms with Crippen molar-refractivity contribution in [3.8, 4) is 11.5 Å². The van der Waals surface area contributed by atoms with Crippen molar-refractivity contribution in [2.24, 2.45) is 0 Å². The number of nitrogens with zero attached hydrogens (tertiary/aromatic N) is 1. The molecule has 1 N–H and O–H groups in total. The summed E-state index contributed by atoms with van der Waals surface area (Å²) in [5, 5.41) is 8.79. The molecule has 0 spiro atoms. The molecule has 1 saturated heterocycles. The molecule has 1 heterocycles. The quantitative estimate of drug-likeness (QED) is 0.598. The van der Waals surface area contributed by atoms with Gasteiger partial charge in [-0.2, -0.15) is 0 Å². The molecule has 0 aliphatic carbocycles. The minimum Gasteiger partial charge on any atom is -0.494 e. The third-order valence-electron chi connectivity index (χ3n) is 4.86. The van der Waals surface area contributed by atoms with E-state index in [1.165, 1.54) is 12.1 Å². The summed E-state index contributed by atoms with van der Waals surface area (Å²) >= 11 is 0. The Hall–Kier alpha value is -2.45. The molecular weight excluding hydrogens is 399 g/mol. The molecule has 0 amide bonds. The molecule has 0 atom stereocenters. The summed E-state index contributed by atoms with van der Waals surface area (Å²) in [7, 11) is 0. The molecule has 0 unspecified atom stereocenters. The Balaban J connectivity index is 1.40. The molecule has 8 heteroatoms. The highest BCUT2D eigenvalue weighted by Gasteiger charge is 2.31. The zero-order chi connectivity index (χ0) is 21.4. The van der Waals surface area contributed by atoms with E-state index in [0.717, 1.165) is 42.9 Å². The molecule has 0 radical (unpaired) electrons. The lowest BCUT2D eigenvalue weighted by Crippen LogP contribution is -2.36. The largest absolute Gasteiger partial charge is 0.573 e. The third kappa shape index (κ3) is 7.11. The van der Waals surface area contributed by atoms with Crippen molar-refractivity contribution < 1.29 is 32.5 Å². The molecule has 1 aliphatic heterocycles. The van der Waals surface area contributed by atoms with Gasteiger partial charge in [0.15, 0.2) is 0 Å². The van der Waals surface area contributed by atoms with Gasteiger partial charge in [0.25, 0.3) is 0 Å². The topological polar surface area (TPSA) is 51.2 Å². The van der Waals surface area contributed by atoms with E-state index < -0.39 is 6.36 Å². The van der Waals surface area contributed by atoms with Gasteiger partial charge in [-0.3, -0.25) is 0 Å². The lowest BCUT2D eigenvalue weighted by atomic mass is 10.1. The summed E-state index contributed by atoms with van der Waals surface area (Å²) in [6.07, 6.45) is -2.19. The SMILES string of the molecule is OCCCOc1ccc(N2CCC(OCc3ccc(OC(F)(F)F)cc3)CC2)cc1. The number of hydrogen-bond donors (Lipinski definition) is 1. The van der Waals surface area contributed by atoms with E-state index in [0.29, 0.717) is 19.6 Å². The number of halogens is 3. The van der Waals surface area contributed by atoms with Gasteiger partial charge in [0.2, 0.25) is 0 Å². The van der Waals surface area contributed by atoms with Crippen LogP contribution < -0.4 is 14.4 Å². The fourth-order valence-corrected chi connectivity index (χ4v) is 3.29. The lowest BCUT2D eigenvalue weighted by molar-refractivity contribution is -0.274. The van der Waals surface area contributed by atoms with Crippen LogP contribution in [0.5, 0.6) is 11.5 Å². The minimum atomic E-state index is -4.68. The van der Waals surface area contributed by atoms with Gasteiger partial charge in [-0.1, -0.05) is 12.1 Å². The summed E-state index contributed by atoms with van der Waals surface area (Å²) < 4.78 is 52.0. The number of piperidine rings is 1. The van der Waals surface area contributed by atoms with Gasteiger partial charge in [-0.05, 0) is 54.8 Å². The Bertz CT molecular complexity index is 757. The van der Waals surface area contributed by atoms with Crippen LogP contribution in [-0.4, -0.2) is 43.9 Å². The second-order valence-corrected chi connectivity index (χ2v) is 7.11. The molecule has 2 aromatic rings. The van der Waals surface area contributed by atoms with Gasteiger partial charge in [0, 0.05) is 31.8 Å². The second-order valence-electron chi connectivity index (χ2n) is 7.11. The van der Waals surface area contributed by atoms with Gasteiger partial charge in [-0.15, -0.1) is 13.2 Å². The Kier molecular flexibility index (Phi) is 7.81. The molecule has 2 aromatic carbocycles. The number of rotatable bonds is 9. The maximum atomic E-state index is 12.2. The Morgan fingerprint density at radius 1 is 0.933 bits per heavy atom. The van der Waals surface area contributed by atoms with E-state index in [2.05, 4.69) is 9.64 Å². The summed E-state index contributed by atoms with van der Waals surface area (Å²) in [5.41, 5.74) is 1.94. The van der Waals surface area contributed by atoms with Crippen molar-refractivity contribution in [2.75, 3.05) is 31.2 Å². The van der Waals surface area contributed by atoms with E-state index in [1.807, 2.05) is 24.3 Å². The number of aliphatic hydroxyl groups excluding tert-OH is 1. The van der Waals surface area contributed by atoms with E-state index in [1.54, 1.807) is 12.1 Å². The van der Waals surface area contributed by atoms with E-state index in [9.17, 15) is 13.2 Å². The monoisotopic (exact) mass is 425 g/mol. The van der Waals surface area contributed by atoms with Crippen LogP contribution in [-0.2, 0) is 11.3 Å². The van der Waals surface area contributed by atoms with Crippen LogP contribution in [0.25, 0.3) is 0 Å². The first kappa shape index (κ1) is 22.2. The zero-order valence-electron chi connectivity index (χ0n) is 16.6. The zero-order valence-corrected chi connectivity index (χ0v) is 16.6. The molecule has 0 aromatic heterocycles. The van der Waals surface area contributed by atoms with Crippen LogP contribution in [0.3, 0.4) is 0 Å². The highest BCUT2D eigenvalue weighted by atomic mass is 19.4. The predicted octanol–water partition coefficient (Wildman–Crippen LogP) is 4.53. The average molecular weight is 425 g/mol. The van der Waals surface area contributed by atoms with E-state index in [4.69, 9.17) is 14.6 Å². The van der Waals surface area contributed by atoms with Crippen LogP contribution in [0.4, 0.5) is 18.9 Å². The molecule has 164 valence electrons. The number of hydrogen-bond acceptors (Lipinski definition) is 5. The summed E-state index contributed by atoms with van der Waals surface area (Å²) in [6.45, 7) is 2.71. The number of alkyl halides is 3. The molecule has 3 rings (SSSR count). The first-order valence-electron chi connectivity index (χ1n) is 9.98. The molecule has 0 saturated carbocycles. The minimum absolute atomic E-state index is 0.118. The van der Waals surface area contributed by atoms with Gasteiger partial charge in [-0.25, -0.2) is 0 Å². The first-order chi connectivity index (χ1) is 14.4. The predicted molar refractivity (Wildman–Crippen MR) is 107 cm³/mol. The van der Waals surface area contributed by atoms with Crippen LogP contribution in [0.1, 0.15) is 24.8 Å². The number of ether oxygens (including phenoxy) is 3. The second kappa shape index (κ2) is 10.5. The maximum Gasteiger partial charge on any atom is 0.573 e. The van der Waals surface area contributed by atoms with Gasteiger partial charge in [0.1, 0.15) is 11.5 Å². The summed E-state index contributed by atoms with van der Waals surface area (Å²) in [6, 6.07) is 13.7. The van der Waals surface area contributed by atoms with Gasteiger partial charge < -0.3 is 24.2 Å². The van der Waals surface area contributed by atoms with Crippen molar-refractivity contribution in [1.82, 2.24) is 0 Å². The Labute approximate surface area is 174 Å². The van der Waals surface area contributed by atoms with E-state index in [-0.39, 0.29) is 18.5 Å². The molecule has 1 aliphatic rings. The van der Waals surface area contributed by atoms with Crippen molar-refractivity contribution in [3.05, 3.63) is 54.1 Å². The number of aliphatic hydroxyl groups is 1. The normalized spacial score (nSPS) is 15.3. The smallest absolute Gasteiger partial charge is 0.494 e. The van der Waals surface area contributed by atoms with Crippen LogP contribution in [0, 0.1) is 0 Å². The van der Waals surface area contributed by atoms with Crippen LogP contribution in [0.2, 0.25) is 0 Å². The molecule has 5 nitrogen and oxygen atoms in total. The van der Waals surface area contributed by atoms with Gasteiger partial charge >= 0.3 is 6.36 Å². The molecule has 1 fully saturated rings. The Morgan fingerprint density at radius 2 is 1.57 bits per heavy atom. The standard InChI is InChI=1S/C22H26F3NO4/c23-22(24,25)30-21-6-2-17(3-7-21)16-29-20-10-12-26(13-11-20)18-4-8-19(9-5-18)28-15-1-14-27/h2-9,20,27H,1,10-16H2. The number of benzene rings is 2. The van der Waals surface area contributed by atoms with Crippen molar-refractivity contribution >= 4 is 5.69 Å². The Morgan fingerprint density at radius 3 is 2.17 bits per heavy atom. The highest BCUT2D eigenvalue weighted by molar-refractivity contribution is 5.49. The van der Waals surface area contributed by atoms with Crippen LogP contribution >= 0.6 is 0 Å². The molecular formula is C22H26F3NO4. The lowest BCUT2D eigenvalue weighted by Gasteiger charge is -2.33. The van der Waals surface area contributed by atoms with Gasteiger partial charge in [0.05, 0.1) is 19.3 Å². The molecule has 0 bridgehead atoms. The average Bonchev–Trinajstić information content (AvgIpc) is 2.73. The summed E-state index contributed by atoms with van der Waals surface area (Å²) in [4.78, 5) is 2.29. The fourth-order valence-electron chi connectivity index (χ4n) is 3.29. The van der Waals surface area contributed by atoms with Crippen LogP contribution in [0.15, 0.2) is 48.5 Å². The molecule has 30 heavy (non-hydrogen) atoms. The summed E-state index contributed by atoms with van der Waals surface area (Å²) in [5.74, 6) is 0.557. The third-order valence-corrected chi connectivity index (χ3v) is 4.86. The van der Waals surface area contributed by atoms with Crippen molar-refractivity contribution in [2.45, 2.75) is 38.3 Å².